The average Bonchev–Trinajstić information content (AvgIpc) is 2.83. The number of thioether (sulfide) groups is 1. The van der Waals surface area contributed by atoms with Gasteiger partial charge in [0.25, 0.3) is 6.47 Å². The van der Waals surface area contributed by atoms with Crippen molar-refractivity contribution in [2.24, 2.45) is 5.92 Å². The monoisotopic (exact) mass is 340 g/mol. The van der Waals surface area contributed by atoms with E-state index in [2.05, 4.69) is 10.1 Å². The van der Waals surface area contributed by atoms with E-state index < -0.39 is 5.97 Å². The fourth-order valence-corrected chi connectivity index (χ4v) is 3.55. The molecule has 2 aliphatic heterocycles. The molecule has 23 heavy (non-hydrogen) atoms. The Morgan fingerprint density at radius 2 is 2.26 bits per heavy atom. The van der Waals surface area contributed by atoms with Gasteiger partial charge in [0, 0.05) is 24.4 Å². The summed E-state index contributed by atoms with van der Waals surface area (Å²) < 4.78 is 4.60. The highest BCUT2D eigenvalue weighted by Gasteiger charge is 2.54. The molecule has 0 aliphatic carbocycles. The van der Waals surface area contributed by atoms with Gasteiger partial charge in [-0.2, -0.15) is 0 Å². The van der Waals surface area contributed by atoms with Crippen LogP contribution in [-0.2, 0) is 23.9 Å². The standard InChI is InChI=1S/C14H16N2O6S/c1-8(18)15-3-5-23-11-6-10-9(2-4-22-7-17)13(19)16(10)12(11)14(20)21/h3,5,7,9-10H,2,4,6H2,1H3,(H,15,18)(H,20,21)/b5-3+/t9-,10+/m0/s1. The Kier molecular flexibility index (Phi) is 5.43. The molecular formula is C14H16N2O6S. The van der Waals surface area contributed by atoms with Crippen LogP contribution in [0.2, 0.25) is 0 Å². The number of carboxylic acid groups (broad SMARTS) is 1. The van der Waals surface area contributed by atoms with Gasteiger partial charge in [0.1, 0.15) is 5.70 Å². The number of nitrogens with zero attached hydrogens (tertiary/aromatic N) is 1. The number of aliphatic carboxylic acids is 1. The molecule has 1 saturated heterocycles. The summed E-state index contributed by atoms with van der Waals surface area (Å²) in [5, 5.41) is 13.4. The van der Waals surface area contributed by atoms with Gasteiger partial charge in [0.15, 0.2) is 0 Å². The summed E-state index contributed by atoms with van der Waals surface area (Å²) in [6.45, 7) is 1.82. The number of rotatable bonds is 8. The van der Waals surface area contributed by atoms with Crippen molar-refractivity contribution in [2.45, 2.75) is 25.8 Å². The van der Waals surface area contributed by atoms with Gasteiger partial charge in [0.2, 0.25) is 11.8 Å². The number of hydrogen-bond donors (Lipinski definition) is 2. The van der Waals surface area contributed by atoms with E-state index in [1.165, 1.54) is 18.0 Å². The number of carbonyl (C=O) groups excluding carboxylic acids is 3. The molecule has 8 nitrogen and oxygen atoms in total. The number of nitrogens with one attached hydrogen (secondary N) is 1. The number of fused-ring (bicyclic) bond motifs is 1. The Morgan fingerprint density at radius 3 is 2.87 bits per heavy atom. The van der Waals surface area contributed by atoms with Crippen LogP contribution in [0.25, 0.3) is 0 Å². The van der Waals surface area contributed by atoms with Crippen molar-refractivity contribution in [1.29, 1.82) is 0 Å². The molecule has 0 spiro atoms. The van der Waals surface area contributed by atoms with E-state index in [1.54, 1.807) is 5.41 Å². The first kappa shape index (κ1) is 17.1. The van der Waals surface area contributed by atoms with Crippen LogP contribution >= 0.6 is 11.8 Å². The highest BCUT2D eigenvalue weighted by Crippen LogP contribution is 2.47. The minimum Gasteiger partial charge on any atom is -0.477 e. The lowest BCUT2D eigenvalue weighted by Gasteiger charge is -2.43. The number of carbonyl (C=O) groups is 4. The molecule has 0 bridgehead atoms. The van der Waals surface area contributed by atoms with E-state index in [0.29, 0.717) is 24.2 Å². The molecule has 124 valence electrons. The van der Waals surface area contributed by atoms with E-state index in [-0.39, 0.29) is 36.1 Å². The molecule has 2 rings (SSSR count). The zero-order valence-electron chi connectivity index (χ0n) is 12.4. The quantitative estimate of drug-likeness (QED) is 0.374. The van der Waals surface area contributed by atoms with E-state index in [9.17, 15) is 24.3 Å². The van der Waals surface area contributed by atoms with E-state index in [0.717, 1.165) is 11.8 Å². The summed E-state index contributed by atoms with van der Waals surface area (Å²) >= 11 is 1.16. The maximum atomic E-state index is 12.1. The molecule has 2 atom stereocenters. The van der Waals surface area contributed by atoms with Gasteiger partial charge in [-0.1, -0.05) is 11.8 Å². The second kappa shape index (κ2) is 7.32. The van der Waals surface area contributed by atoms with Crippen molar-refractivity contribution in [1.82, 2.24) is 10.2 Å². The van der Waals surface area contributed by atoms with Crippen molar-refractivity contribution in [3.8, 4) is 0 Å². The maximum Gasteiger partial charge on any atom is 0.353 e. The molecule has 2 aliphatic rings. The molecular weight excluding hydrogens is 324 g/mol. The molecule has 2 N–H and O–H groups in total. The van der Waals surface area contributed by atoms with Crippen LogP contribution < -0.4 is 5.32 Å². The van der Waals surface area contributed by atoms with Gasteiger partial charge in [-0.3, -0.25) is 14.4 Å². The summed E-state index contributed by atoms with van der Waals surface area (Å²) in [7, 11) is 0. The number of amides is 2. The SMILES string of the molecule is CC(=O)N/C=C/SC1=C(C(=O)O)N2C(=O)[C@@H](CCOC=O)[C@H]2C1. The van der Waals surface area contributed by atoms with E-state index in [4.69, 9.17) is 0 Å². The van der Waals surface area contributed by atoms with Gasteiger partial charge in [-0.15, -0.1) is 0 Å². The Hall–Kier alpha value is -2.29. The summed E-state index contributed by atoms with van der Waals surface area (Å²) in [5.41, 5.74) is -0.00923. The van der Waals surface area contributed by atoms with Gasteiger partial charge in [-0.05, 0) is 11.8 Å². The highest BCUT2D eigenvalue weighted by molar-refractivity contribution is 8.05. The third-order valence-electron chi connectivity index (χ3n) is 3.63. The Labute approximate surface area is 136 Å². The number of β-lactam (4-membered cyclic amide) rings is 1. The molecule has 2 heterocycles. The Balaban J connectivity index is 2.03. The first-order valence-corrected chi connectivity index (χ1v) is 7.79. The lowest BCUT2D eigenvalue weighted by Crippen LogP contribution is -2.58. The van der Waals surface area contributed by atoms with E-state index in [1.807, 2.05) is 0 Å². The molecule has 2 amide bonds. The maximum absolute atomic E-state index is 12.1. The first-order chi connectivity index (χ1) is 11.0. The third kappa shape index (κ3) is 3.55. The molecule has 0 radical (unpaired) electrons. The largest absolute Gasteiger partial charge is 0.477 e. The number of hydrogen-bond acceptors (Lipinski definition) is 6. The first-order valence-electron chi connectivity index (χ1n) is 6.91. The summed E-state index contributed by atoms with van der Waals surface area (Å²) in [4.78, 5) is 46.3. The number of ether oxygens (including phenoxy) is 1. The molecule has 0 aromatic carbocycles. The van der Waals surface area contributed by atoms with Gasteiger partial charge in [0.05, 0.1) is 18.6 Å². The molecule has 0 saturated carbocycles. The lowest BCUT2D eigenvalue weighted by atomic mass is 9.85. The normalized spacial score (nSPS) is 22.8. The van der Waals surface area contributed by atoms with Gasteiger partial charge >= 0.3 is 5.97 Å². The topological polar surface area (TPSA) is 113 Å². The third-order valence-corrected chi connectivity index (χ3v) is 4.55. The zero-order chi connectivity index (χ0) is 17.0. The van der Waals surface area contributed by atoms with Gasteiger partial charge in [-0.25, -0.2) is 4.79 Å². The highest BCUT2D eigenvalue weighted by atomic mass is 32.2. The van der Waals surface area contributed by atoms with Crippen molar-refractivity contribution in [3.05, 3.63) is 22.2 Å². The summed E-state index contributed by atoms with van der Waals surface area (Å²) in [6, 6.07) is -0.208. The molecule has 9 heteroatoms. The van der Waals surface area contributed by atoms with Crippen molar-refractivity contribution >= 4 is 36.0 Å². The summed E-state index contributed by atoms with van der Waals surface area (Å²) in [6.07, 6.45) is 2.24. The van der Waals surface area contributed by atoms with Gasteiger partial charge < -0.3 is 20.1 Å². The Bertz CT molecular complexity index is 600. The van der Waals surface area contributed by atoms with E-state index >= 15 is 0 Å². The average molecular weight is 340 g/mol. The smallest absolute Gasteiger partial charge is 0.353 e. The summed E-state index contributed by atoms with van der Waals surface area (Å²) in [5.74, 6) is -1.97. The predicted molar refractivity (Wildman–Crippen MR) is 80.6 cm³/mol. The zero-order valence-corrected chi connectivity index (χ0v) is 13.2. The van der Waals surface area contributed by atoms with Crippen LogP contribution in [0.1, 0.15) is 19.8 Å². The van der Waals surface area contributed by atoms with Crippen molar-refractivity contribution in [2.75, 3.05) is 6.61 Å². The lowest BCUT2D eigenvalue weighted by molar-refractivity contribution is -0.156. The molecule has 0 aromatic rings. The number of carboxylic acids is 1. The van der Waals surface area contributed by atoms with Crippen molar-refractivity contribution < 1.29 is 29.0 Å². The fraction of sp³-hybridized carbons (Fsp3) is 0.429. The minimum absolute atomic E-state index is 0.00923. The van der Waals surface area contributed by atoms with Crippen LogP contribution in [0.15, 0.2) is 22.2 Å². The molecule has 0 unspecified atom stereocenters. The van der Waals surface area contributed by atoms with Crippen LogP contribution in [0, 0.1) is 5.92 Å². The van der Waals surface area contributed by atoms with Crippen LogP contribution in [0.5, 0.6) is 0 Å². The van der Waals surface area contributed by atoms with Crippen LogP contribution in [-0.4, -0.2) is 46.9 Å². The van der Waals surface area contributed by atoms with Crippen LogP contribution in [0.4, 0.5) is 0 Å². The molecule has 1 fully saturated rings. The second-order valence-electron chi connectivity index (χ2n) is 5.04. The molecule has 0 aromatic heterocycles. The minimum atomic E-state index is -1.15. The van der Waals surface area contributed by atoms with Crippen LogP contribution in [0.3, 0.4) is 0 Å². The second-order valence-corrected chi connectivity index (χ2v) is 6.04. The fourth-order valence-electron chi connectivity index (χ4n) is 2.69. The predicted octanol–water partition coefficient (Wildman–Crippen LogP) is 0.417. The Morgan fingerprint density at radius 1 is 1.52 bits per heavy atom. The van der Waals surface area contributed by atoms with Crippen molar-refractivity contribution in [3.63, 3.8) is 0 Å².